The summed E-state index contributed by atoms with van der Waals surface area (Å²) in [5.74, 6) is 0.740. The molecule has 3 nitrogen and oxygen atoms in total. The van der Waals surface area contributed by atoms with Crippen molar-refractivity contribution in [3.63, 3.8) is 0 Å². The Morgan fingerprint density at radius 1 is 1.33 bits per heavy atom. The van der Waals surface area contributed by atoms with Crippen LogP contribution in [-0.2, 0) is 4.74 Å². The van der Waals surface area contributed by atoms with E-state index in [4.69, 9.17) is 4.74 Å². The maximum atomic E-state index is 5.25. The Hall–Kier alpha value is -0.120. The van der Waals surface area contributed by atoms with Gasteiger partial charge in [-0.25, -0.2) is 0 Å². The van der Waals surface area contributed by atoms with Crippen molar-refractivity contribution in [3.05, 3.63) is 0 Å². The second-order valence-corrected chi connectivity index (χ2v) is 6.00. The van der Waals surface area contributed by atoms with Crippen LogP contribution < -0.4 is 5.32 Å². The zero-order chi connectivity index (χ0) is 13.4. The van der Waals surface area contributed by atoms with Gasteiger partial charge in [-0.15, -0.1) is 0 Å². The zero-order valence-electron chi connectivity index (χ0n) is 12.7. The smallest absolute Gasteiger partial charge is 0.0589 e. The predicted molar refractivity (Wildman–Crippen MR) is 78.0 cm³/mol. The second-order valence-electron chi connectivity index (χ2n) is 6.00. The lowest BCUT2D eigenvalue weighted by molar-refractivity contribution is 0.110. The topological polar surface area (TPSA) is 24.5 Å². The molecule has 0 saturated heterocycles. The summed E-state index contributed by atoms with van der Waals surface area (Å²) >= 11 is 0. The van der Waals surface area contributed by atoms with Crippen molar-refractivity contribution in [1.82, 2.24) is 10.2 Å². The summed E-state index contributed by atoms with van der Waals surface area (Å²) in [6.45, 7) is 11.2. The fourth-order valence-corrected chi connectivity index (χ4v) is 2.92. The van der Waals surface area contributed by atoms with Crippen molar-refractivity contribution < 1.29 is 4.74 Å². The Morgan fingerprint density at radius 3 is 2.72 bits per heavy atom. The van der Waals surface area contributed by atoms with Crippen LogP contribution in [-0.4, -0.2) is 50.3 Å². The van der Waals surface area contributed by atoms with Gasteiger partial charge >= 0.3 is 0 Å². The molecule has 1 rings (SSSR count). The zero-order valence-corrected chi connectivity index (χ0v) is 12.7. The molecule has 0 bridgehead atoms. The van der Waals surface area contributed by atoms with Gasteiger partial charge in [-0.2, -0.15) is 0 Å². The minimum atomic E-state index is 0.740. The van der Waals surface area contributed by atoms with E-state index in [9.17, 15) is 0 Å². The van der Waals surface area contributed by atoms with Gasteiger partial charge in [0, 0.05) is 32.3 Å². The molecule has 2 unspecified atom stereocenters. The first kappa shape index (κ1) is 15.9. The molecule has 0 aromatic rings. The second kappa shape index (κ2) is 8.89. The van der Waals surface area contributed by atoms with E-state index in [0.717, 1.165) is 31.2 Å². The third-order valence-corrected chi connectivity index (χ3v) is 3.79. The molecule has 0 radical (unpaired) electrons. The van der Waals surface area contributed by atoms with Crippen molar-refractivity contribution in [2.24, 2.45) is 5.92 Å². The SMILES string of the molecule is CCCNC1CCC(N(CCOC)CC(C)C)C1. The Bertz CT molecular complexity index is 209. The molecule has 2 atom stereocenters. The van der Waals surface area contributed by atoms with E-state index in [0.29, 0.717) is 0 Å². The highest BCUT2D eigenvalue weighted by molar-refractivity contribution is 4.87. The lowest BCUT2D eigenvalue weighted by atomic mass is 10.1. The van der Waals surface area contributed by atoms with Gasteiger partial charge in [0.15, 0.2) is 0 Å². The van der Waals surface area contributed by atoms with Crippen molar-refractivity contribution >= 4 is 0 Å². The van der Waals surface area contributed by atoms with Gasteiger partial charge in [0.1, 0.15) is 0 Å². The van der Waals surface area contributed by atoms with Crippen LogP contribution in [0.2, 0.25) is 0 Å². The quantitative estimate of drug-likeness (QED) is 0.686. The van der Waals surface area contributed by atoms with E-state index in [1.165, 1.54) is 38.8 Å². The number of methoxy groups -OCH3 is 1. The van der Waals surface area contributed by atoms with Gasteiger partial charge in [0.25, 0.3) is 0 Å². The average molecular weight is 256 g/mol. The maximum Gasteiger partial charge on any atom is 0.0589 e. The molecule has 1 aliphatic rings. The highest BCUT2D eigenvalue weighted by atomic mass is 16.5. The van der Waals surface area contributed by atoms with Crippen LogP contribution >= 0.6 is 0 Å². The van der Waals surface area contributed by atoms with Crippen molar-refractivity contribution in [2.45, 2.75) is 58.5 Å². The molecule has 1 saturated carbocycles. The molecule has 0 aliphatic heterocycles. The van der Waals surface area contributed by atoms with E-state index >= 15 is 0 Å². The predicted octanol–water partition coefficient (Wildman–Crippen LogP) is 2.51. The largest absolute Gasteiger partial charge is 0.383 e. The Labute approximate surface area is 113 Å². The Morgan fingerprint density at radius 2 is 2.11 bits per heavy atom. The summed E-state index contributed by atoms with van der Waals surface area (Å²) in [7, 11) is 1.80. The van der Waals surface area contributed by atoms with Gasteiger partial charge in [0.2, 0.25) is 0 Å². The van der Waals surface area contributed by atoms with E-state index in [-0.39, 0.29) is 0 Å². The molecule has 18 heavy (non-hydrogen) atoms. The third kappa shape index (κ3) is 5.68. The summed E-state index contributed by atoms with van der Waals surface area (Å²) < 4.78 is 5.25. The van der Waals surface area contributed by atoms with Gasteiger partial charge in [-0.3, -0.25) is 4.90 Å². The van der Waals surface area contributed by atoms with E-state index < -0.39 is 0 Å². The van der Waals surface area contributed by atoms with Gasteiger partial charge in [-0.1, -0.05) is 20.8 Å². The first-order valence-electron chi connectivity index (χ1n) is 7.63. The summed E-state index contributed by atoms with van der Waals surface area (Å²) in [6, 6.07) is 1.50. The highest BCUT2D eigenvalue weighted by Crippen LogP contribution is 2.24. The highest BCUT2D eigenvalue weighted by Gasteiger charge is 2.28. The molecular formula is C15H32N2O. The van der Waals surface area contributed by atoms with Gasteiger partial charge in [0.05, 0.1) is 6.61 Å². The standard InChI is InChI=1S/C15H32N2O/c1-5-8-16-14-6-7-15(11-14)17(9-10-18-4)12-13(2)3/h13-16H,5-12H2,1-4H3. The molecule has 1 aliphatic carbocycles. The minimum absolute atomic E-state index is 0.740. The number of nitrogens with zero attached hydrogens (tertiary/aromatic N) is 1. The molecule has 3 heteroatoms. The van der Waals surface area contributed by atoms with Crippen LogP contribution in [0.25, 0.3) is 0 Å². The third-order valence-electron chi connectivity index (χ3n) is 3.79. The van der Waals surface area contributed by atoms with Crippen molar-refractivity contribution in [3.8, 4) is 0 Å². The molecule has 0 spiro atoms. The number of hydrogen-bond donors (Lipinski definition) is 1. The van der Waals surface area contributed by atoms with E-state index in [2.05, 4.69) is 31.0 Å². The van der Waals surface area contributed by atoms with Crippen LogP contribution in [0.1, 0.15) is 46.5 Å². The van der Waals surface area contributed by atoms with E-state index in [1.54, 1.807) is 7.11 Å². The lowest BCUT2D eigenvalue weighted by Gasteiger charge is -2.30. The summed E-state index contributed by atoms with van der Waals surface area (Å²) in [5, 5.41) is 3.67. The summed E-state index contributed by atoms with van der Waals surface area (Å²) in [4.78, 5) is 2.64. The molecule has 1 fully saturated rings. The number of ether oxygens (including phenoxy) is 1. The molecular weight excluding hydrogens is 224 g/mol. The van der Waals surface area contributed by atoms with Crippen LogP contribution in [0.5, 0.6) is 0 Å². The maximum absolute atomic E-state index is 5.25. The Balaban J connectivity index is 2.38. The molecule has 0 aromatic carbocycles. The first-order valence-corrected chi connectivity index (χ1v) is 7.63. The minimum Gasteiger partial charge on any atom is -0.383 e. The molecule has 0 heterocycles. The summed E-state index contributed by atoms with van der Waals surface area (Å²) in [5.41, 5.74) is 0. The van der Waals surface area contributed by atoms with Gasteiger partial charge < -0.3 is 10.1 Å². The first-order chi connectivity index (χ1) is 8.67. The molecule has 1 N–H and O–H groups in total. The van der Waals surface area contributed by atoms with Crippen molar-refractivity contribution in [1.29, 1.82) is 0 Å². The van der Waals surface area contributed by atoms with Crippen LogP contribution in [0.15, 0.2) is 0 Å². The molecule has 0 aromatic heterocycles. The normalized spacial score (nSPS) is 24.3. The fraction of sp³-hybridized carbons (Fsp3) is 1.00. The molecule has 0 amide bonds. The van der Waals surface area contributed by atoms with Crippen LogP contribution in [0, 0.1) is 5.92 Å². The Kier molecular flexibility index (Phi) is 7.87. The van der Waals surface area contributed by atoms with Crippen LogP contribution in [0.3, 0.4) is 0 Å². The average Bonchev–Trinajstić information content (AvgIpc) is 2.80. The number of rotatable bonds is 9. The van der Waals surface area contributed by atoms with Gasteiger partial charge in [-0.05, 0) is 38.1 Å². The number of nitrogens with one attached hydrogen (secondary N) is 1. The fourth-order valence-electron chi connectivity index (χ4n) is 2.92. The monoisotopic (exact) mass is 256 g/mol. The molecule has 108 valence electrons. The summed E-state index contributed by atoms with van der Waals surface area (Å²) in [6.07, 6.45) is 5.24. The van der Waals surface area contributed by atoms with E-state index in [1.807, 2.05) is 0 Å². The van der Waals surface area contributed by atoms with Crippen molar-refractivity contribution in [2.75, 3.05) is 33.4 Å². The lowest BCUT2D eigenvalue weighted by Crippen LogP contribution is -2.40. The van der Waals surface area contributed by atoms with Crippen LogP contribution in [0.4, 0.5) is 0 Å². The number of hydrogen-bond acceptors (Lipinski definition) is 3.